The molecule has 1 aromatic carbocycles. The van der Waals surface area contributed by atoms with Crippen LogP contribution >= 0.6 is 15.9 Å². The van der Waals surface area contributed by atoms with Gasteiger partial charge in [0.1, 0.15) is 0 Å². The number of hydrogen-bond acceptors (Lipinski definition) is 1. The van der Waals surface area contributed by atoms with Gasteiger partial charge in [-0.15, -0.1) is 0 Å². The Balaban J connectivity index is 2.05. The summed E-state index contributed by atoms with van der Waals surface area (Å²) in [6.45, 7) is 4.09. The second kappa shape index (κ2) is 3.43. The third-order valence-electron chi connectivity index (χ3n) is 2.45. The number of hydrogen-bond donors (Lipinski definition) is 0. The summed E-state index contributed by atoms with van der Waals surface area (Å²) in [6, 6.07) is 8.54. The van der Waals surface area contributed by atoms with Gasteiger partial charge >= 0.3 is 0 Å². The van der Waals surface area contributed by atoms with Crippen molar-refractivity contribution in [3.05, 3.63) is 34.3 Å². The first kappa shape index (κ1) is 9.22. The Morgan fingerprint density at radius 1 is 1.31 bits per heavy atom. The predicted molar refractivity (Wildman–Crippen MR) is 56.8 cm³/mol. The fourth-order valence-corrected chi connectivity index (χ4v) is 1.91. The van der Waals surface area contributed by atoms with Crippen molar-refractivity contribution in [2.24, 2.45) is 5.41 Å². The van der Waals surface area contributed by atoms with Crippen molar-refractivity contribution in [3.63, 3.8) is 0 Å². The van der Waals surface area contributed by atoms with E-state index in [0.29, 0.717) is 5.41 Å². The molecule has 0 amide bonds. The molecule has 0 N–H and O–H groups in total. The summed E-state index contributed by atoms with van der Waals surface area (Å²) in [5, 5.41) is 0. The molecule has 0 aliphatic carbocycles. The predicted octanol–water partition coefficient (Wildman–Crippen LogP) is 3.03. The van der Waals surface area contributed by atoms with E-state index < -0.39 is 0 Å². The van der Waals surface area contributed by atoms with Gasteiger partial charge in [0.25, 0.3) is 0 Å². The monoisotopic (exact) mass is 240 g/mol. The van der Waals surface area contributed by atoms with E-state index in [1.165, 1.54) is 5.56 Å². The van der Waals surface area contributed by atoms with Crippen LogP contribution in [0.4, 0.5) is 0 Å². The molecule has 13 heavy (non-hydrogen) atoms. The minimum atomic E-state index is 0.383. The van der Waals surface area contributed by atoms with Gasteiger partial charge in [-0.1, -0.05) is 35.0 Å². The molecule has 1 saturated heterocycles. The molecule has 0 bridgehead atoms. The second-order valence-corrected chi connectivity index (χ2v) is 5.02. The van der Waals surface area contributed by atoms with Crippen LogP contribution in [0.1, 0.15) is 12.5 Å². The molecule has 1 aromatic rings. The largest absolute Gasteiger partial charge is 0.380 e. The lowest BCUT2D eigenvalue weighted by Crippen LogP contribution is -2.41. The van der Waals surface area contributed by atoms with Crippen molar-refractivity contribution in [1.29, 1.82) is 0 Å². The van der Waals surface area contributed by atoms with Crippen LogP contribution in [0.3, 0.4) is 0 Å². The molecular formula is C11H13BrO. The number of rotatable bonds is 2. The van der Waals surface area contributed by atoms with Crippen LogP contribution in [-0.4, -0.2) is 13.2 Å². The zero-order chi connectivity index (χ0) is 9.31. The molecule has 0 aromatic heterocycles. The van der Waals surface area contributed by atoms with E-state index in [0.717, 1.165) is 24.1 Å². The molecular weight excluding hydrogens is 228 g/mol. The number of halogens is 1. The van der Waals surface area contributed by atoms with Crippen molar-refractivity contribution >= 4 is 15.9 Å². The molecule has 1 fully saturated rings. The SMILES string of the molecule is CC1(Cc2ccc(Br)cc2)COC1. The van der Waals surface area contributed by atoms with Crippen LogP contribution in [0.5, 0.6) is 0 Å². The fraction of sp³-hybridized carbons (Fsp3) is 0.455. The van der Waals surface area contributed by atoms with Crippen molar-refractivity contribution in [2.45, 2.75) is 13.3 Å². The Morgan fingerprint density at radius 2 is 1.92 bits per heavy atom. The van der Waals surface area contributed by atoms with E-state index in [9.17, 15) is 0 Å². The lowest BCUT2D eigenvalue weighted by atomic mass is 9.82. The summed E-state index contributed by atoms with van der Waals surface area (Å²) >= 11 is 3.43. The minimum Gasteiger partial charge on any atom is -0.380 e. The van der Waals surface area contributed by atoms with Crippen molar-refractivity contribution in [1.82, 2.24) is 0 Å². The van der Waals surface area contributed by atoms with Gasteiger partial charge in [-0.25, -0.2) is 0 Å². The van der Waals surface area contributed by atoms with Crippen molar-refractivity contribution in [2.75, 3.05) is 13.2 Å². The van der Waals surface area contributed by atoms with E-state index in [1.807, 2.05) is 0 Å². The van der Waals surface area contributed by atoms with E-state index in [-0.39, 0.29) is 0 Å². The van der Waals surface area contributed by atoms with Crippen LogP contribution in [0.15, 0.2) is 28.7 Å². The quantitative estimate of drug-likeness (QED) is 0.773. The topological polar surface area (TPSA) is 9.23 Å². The molecule has 0 spiro atoms. The standard InChI is InChI=1S/C11H13BrO/c1-11(7-13-8-11)6-9-2-4-10(12)5-3-9/h2-5H,6-8H2,1H3. The first-order valence-electron chi connectivity index (χ1n) is 4.50. The van der Waals surface area contributed by atoms with E-state index in [4.69, 9.17) is 4.74 Å². The van der Waals surface area contributed by atoms with Gasteiger partial charge in [-0.05, 0) is 24.1 Å². The van der Waals surface area contributed by atoms with Crippen LogP contribution in [0, 0.1) is 5.41 Å². The first-order valence-corrected chi connectivity index (χ1v) is 5.29. The lowest BCUT2D eigenvalue weighted by Gasteiger charge is -2.38. The van der Waals surface area contributed by atoms with Crippen LogP contribution in [-0.2, 0) is 11.2 Å². The second-order valence-electron chi connectivity index (χ2n) is 4.11. The Morgan fingerprint density at radius 3 is 2.38 bits per heavy atom. The zero-order valence-corrected chi connectivity index (χ0v) is 9.30. The van der Waals surface area contributed by atoms with E-state index in [1.54, 1.807) is 0 Å². The van der Waals surface area contributed by atoms with Gasteiger partial charge < -0.3 is 4.74 Å². The summed E-state index contributed by atoms with van der Waals surface area (Å²) in [4.78, 5) is 0. The molecule has 1 aliphatic rings. The van der Waals surface area contributed by atoms with Gasteiger partial charge in [0.2, 0.25) is 0 Å². The van der Waals surface area contributed by atoms with Gasteiger partial charge in [0, 0.05) is 9.89 Å². The molecule has 2 rings (SSSR count). The highest BCUT2D eigenvalue weighted by atomic mass is 79.9. The normalized spacial score (nSPS) is 19.5. The summed E-state index contributed by atoms with van der Waals surface area (Å²) in [5.74, 6) is 0. The smallest absolute Gasteiger partial charge is 0.0545 e. The zero-order valence-electron chi connectivity index (χ0n) is 7.72. The third kappa shape index (κ3) is 2.12. The lowest BCUT2D eigenvalue weighted by molar-refractivity contribution is -0.100. The summed E-state index contributed by atoms with van der Waals surface area (Å²) in [5.41, 5.74) is 1.78. The van der Waals surface area contributed by atoms with Gasteiger partial charge in [-0.3, -0.25) is 0 Å². The summed E-state index contributed by atoms with van der Waals surface area (Å²) < 4.78 is 6.37. The third-order valence-corrected chi connectivity index (χ3v) is 2.97. The molecule has 0 saturated carbocycles. The Bertz CT molecular complexity index is 287. The fourth-order valence-electron chi connectivity index (χ4n) is 1.65. The van der Waals surface area contributed by atoms with Gasteiger partial charge in [-0.2, -0.15) is 0 Å². The van der Waals surface area contributed by atoms with Crippen LogP contribution in [0.25, 0.3) is 0 Å². The van der Waals surface area contributed by atoms with Crippen LogP contribution in [0.2, 0.25) is 0 Å². The highest BCUT2D eigenvalue weighted by molar-refractivity contribution is 9.10. The maximum Gasteiger partial charge on any atom is 0.0545 e. The van der Waals surface area contributed by atoms with Crippen molar-refractivity contribution < 1.29 is 4.74 Å². The molecule has 1 heterocycles. The minimum absolute atomic E-state index is 0.383. The molecule has 70 valence electrons. The maximum atomic E-state index is 5.22. The van der Waals surface area contributed by atoms with Gasteiger partial charge in [0.05, 0.1) is 13.2 Å². The summed E-state index contributed by atoms with van der Waals surface area (Å²) in [6.07, 6.45) is 1.13. The van der Waals surface area contributed by atoms with E-state index >= 15 is 0 Å². The first-order chi connectivity index (χ1) is 6.18. The van der Waals surface area contributed by atoms with Crippen LogP contribution < -0.4 is 0 Å². The molecule has 0 unspecified atom stereocenters. The highest BCUT2D eigenvalue weighted by Crippen LogP contribution is 2.31. The average molecular weight is 241 g/mol. The molecule has 1 nitrogen and oxygen atoms in total. The number of ether oxygens (including phenoxy) is 1. The molecule has 2 heteroatoms. The highest BCUT2D eigenvalue weighted by Gasteiger charge is 2.33. The Hall–Kier alpha value is -0.340. The molecule has 0 atom stereocenters. The summed E-state index contributed by atoms with van der Waals surface area (Å²) in [7, 11) is 0. The average Bonchev–Trinajstić information content (AvgIpc) is 2.06. The molecule has 0 radical (unpaired) electrons. The van der Waals surface area contributed by atoms with E-state index in [2.05, 4.69) is 47.1 Å². The maximum absolute atomic E-state index is 5.22. The molecule has 1 aliphatic heterocycles. The Labute approximate surface area is 87.2 Å². The Kier molecular flexibility index (Phi) is 2.43. The number of benzene rings is 1. The van der Waals surface area contributed by atoms with Crippen molar-refractivity contribution in [3.8, 4) is 0 Å². The van der Waals surface area contributed by atoms with Gasteiger partial charge in [0.15, 0.2) is 0 Å².